The second kappa shape index (κ2) is 6.65. The SMILES string of the molecule is COC[C@@H]1CCS(=O)(=O)C12CN(C(=O)CCc1ccccc1Cl)C2. The first kappa shape index (κ1) is 17.7. The van der Waals surface area contributed by atoms with E-state index in [0.717, 1.165) is 5.56 Å². The van der Waals surface area contributed by atoms with Gasteiger partial charge in [0.05, 0.1) is 12.4 Å². The maximum absolute atomic E-state index is 12.4. The molecule has 1 aromatic rings. The molecule has 2 aliphatic rings. The number of amides is 1. The fraction of sp³-hybridized carbons (Fsp3) is 0.588. The van der Waals surface area contributed by atoms with Crippen molar-refractivity contribution in [3.8, 4) is 0 Å². The molecule has 0 unspecified atom stereocenters. The minimum Gasteiger partial charge on any atom is -0.384 e. The van der Waals surface area contributed by atoms with Gasteiger partial charge in [-0.05, 0) is 24.5 Å². The summed E-state index contributed by atoms with van der Waals surface area (Å²) >= 11 is 6.11. The fourth-order valence-electron chi connectivity index (χ4n) is 3.79. The number of rotatable bonds is 5. The van der Waals surface area contributed by atoms with Gasteiger partial charge in [0.25, 0.3) is 0 Å². The number of nitrogens with zero attached hydrogens (tertiary/aromatic N) is 1. The van der Waals surface area contributed by atoms with Gasteiger partial charge in [-0.2, -0.15) is 0 Å². The lowest BCUT2D eigenvalue weighted by atomic mass is 9.83. The van der Waals surface area contributed by atoms with E-state index in [9.17, 15) is 13.2 Å². The van der Waals surface area contributed by atoms with Gasteiger partial charge in [0, 0.05) is 37.6 Å². The minimum absolute atomic E-state index is 0.0138. The van der Waals surface area contributed by atoms with Crippen LogP contribution >= 0.6 is 11.6 Å². The van der Waals surface area contributed by atoms with E-state index in [-0.39, 0.29) is 17.6 Å². The zero-order chi connectivity index (χ0) is 17.4. The number of hydrogen-bond acceptors (Lipinski definition) is 4. The first-order chi connectivity index (χ1) is 11.4. The Balaban J connectivity index is 1.61. The molecule has 0 aliphatic carbocycles. The van der Waals surface area contributed by atoms with Crippen molar-refractivity contribution in [2.75, 3.05) is 32.6 Å². The van der Waals surface area contributed by atoms with E-state index in [4.69, 9.17) is 16.3 Å². The molecule has 1 aromatic carbocycles. The number of benzene rings is 1. The summed E-state index contributed by atoms with van der Waals surface area (Å²) in [6.07, 6.45) is 1.53. The van der Waals surface area contributed by atoms with Crippen molar-refractivity contribution in [3.63, 3.8) is 0 Å². The molecule has 1 atom stereocenters. The Hall–Kier alpha value is -1.11. The van der Waals surface area contributed by atoms with Crippen LogP contribution in [0.15, 0.2) is 24.3 Å². The second-order valence-electron chi connectivity index (χ2n) is 6.67. The number of carbonyl (C=O) groups is 1. The molecule has 2 aliphatic heterocycles. The molecule has 5 nitrogen and oxygen atoms in total. The van der Waals surface area contributed by atoms with Crippen LogP contribution < -0.4 is 0 Å². The maximum Gasteiger partial charge on any atom is 0.223 e. The third-order valence-electron chi connectivity index (χ3n) is 5.30. The normalized spacial score (nSPS) is 24.1. The lowest BCUT2D eigenvalue weighted by molar-refractivity contribution is -0.137. The van der Waals surface area contributed by atoms with Crippen molar-refractivity contribution in [2.45, 2.75) is 24.0 Å². The zero-order valence-electron chi connectivity index (χ0n) is 13.7. The van der Waals surface area contributed by atoms with E-state index in [1.54, 1.807) is 18.1 Å². The largest absolute Gasteiger partial charge is 0.384 e. The molecule has 1 spiro atoms. The van der Waals surface area contributed by atoms with Crippen molar-refractivity contribution in [1.29, 1.82) is 0 Å². The maximum atomic E-state index is 12.4. The highest BCUT2D eigenvalue weighted by Crippen LogP contribution is 2.45. The highest BCUT2D eigenvalue weighted by Gasteiger charge is 2.62. The van der Waals surface area contributed by atoms with Gasteiger partial charge >= 0.3 is 0 Å². The molecular weight excluding hydrogens is 350 g/mol. The Morgan fingerprint density at radius 3 is 2.75 bits per heavy atom. The Labute approximate surface area is 147 Å². The second-order valence-corrected chi connectivity index (χ2v) is 9.52. The third-order valence-corrected chi connectivity index (χ3v) is 8.27. The van der Waals surface area contributed by atoms with Crippen LogP contribution in [0.5, 0.6) is 0 Å². The number of ether oxygens (including phenoxy) is 1. The van der Waals surface area contributed by atoms with E-state index in [0.29, 0.717) is 44.0 Å². The predicted molar refractivity (Wildman–Crippen MR) is 92.9 cm³/mol. The van der Waals surface area contributed by atoms with Crippen LogP contribution in [0.4, 0.5) is 0 Å². The predicted octanol–water partition coefficient (Wildman–Crippen LogP) is 1.93. The van der Waals surface area contributed by atoms with Crippen LogP contribution in [0, 0.1) is 5.92 Å². The lowest BCUT2D eigenvalue weighted by Crippen LogP contribution is -2.68. The van der Waals surface area contributed by atoms with Gasteiger partial charge in [0.1, 0.15) is 4.75 Å². The van der Waals surface area contributed by atoms with E-state index in [1.165, 1.54) is 0 Å². The minimum atomic E-state index is -3.16. The molecule has 2 saturated heterocycles. The Morgan fingerprint density at radius 1 is 1.38 bits per heavy atom. The van der Waals surface area contributed by atoms with Gasteiger partial charge in [-0.3, -0.25) is 4.79 Å². The average Bonchev–Trinajstić information content (AvgIpc) is 2.76. The third kappa shape index (κ3) is 2.95. The lowest BCUT2D eigenvalue weighted by Gasteiger charge is -2.49. The molecular formula is C17H22ClNO4S. The summed E-state index contributed by atoms with van der Waals surface area (Å²) in [5.41, 5.74) is 0.938. The van der Waals surface area contributed by atoms with Crippen LogP contribution in [0.2, 0.25) is 5.02 Å². The molecule has 0 N–H and O–H groups in total. The molecule has 2 fully saturated rings. The van der Waals surface area contributed by atoms with E-state index >= 15 is 0 Å². The van der Waals surface area contributed by atoms with Crippen LogP contribution in [-0.4, -0.2) is 56.5 Å². The van der Waals surface area contributed by atoms with Crippen LogP contribution in [0.25, 0.3) is 0 Å². The van der Waals surface area contributed by atoms with Crippen LogP contribution in [-0.2, 0) is 25.8 Å². The quantitative estimate of drug-likeness (QED) is 0.793. The van der Waals surface area contributed by atoms with Crippen LogP contribution in [0.3, 0.4) is 0 Å². The van der Waals surface area contributed by atoms with E-state index in [1.807, 2.05) is 18.2 Å². The number of halogens is 1. The highest BCUT2D eigenvalue weighted by atomic mass is 35.5. The molecule has 2 heterocycles. The number of aryl methyl sites for hydroxylation is 1. The fourth-order valence-corrected chi connectivity index (χ4v) is 6.42. The van der Waals surface area contributed by atoms with Gasteiger partial charge in [-0.1, -0.05) is 29.8 Å². The molecule has 0 aromatic heterocycles. The number of hydrogen-bond donors (Lipinski definition) is 0. The summed E-state index contributed by atoms with van der Waals surface area (Å²) in [5.74, 6) is 0.168. The topological polar surface area (TPSA) is 63.7 Å². The first-order valence-electron chi connectivity index (χ1n) is 8.12. The van der Waals surface area contributed by atoms with Crippen molar-refractivity contribution in [1.82, 2.24) is 4.90 Å². The van der Waals surface area contributed by atoms with Crippen molar-refractivity contribution < 1.29 is 17.9 Å². The Bertz CT molecular complexity index is 728. The molecule has 0 saturated carbocycles. The molecule has 24 heavy (non-hydrogen) atoms. The summed E-state index contributed by atoms with van der Waals surface area (Å²) in [6, 6.07) is 7.46. The number of likely N-dealkylation sites (tertiary alicyclic amines) is 1. The van der Waals surface area contributed by atoms with Crippen molar-refractivity contribution >= 4 is 27.3 Å². The molecule has 1 amide bonds. The van der Waals surface area contributed by atoms with Crippen molar-refractivity contribution in [2.24, 2.45) is 5.92 Å². The summed E-state index contributed by atoms with van der Waals surface area (Å²) < 4.78 is 29.3. The highest BCUT2D eigenvalue weighted by molar-refractivity contribution is 7.93. The van der Waals surface area contributed by atoms with Crippen LogP contribution in [0.1, 0.15) is 18.4 Å². The monoisotopic (exact) mass is 371 g/mol. The summed E-state index contributed by atoms with van der Waals surface area (Å²) in [4.78, 5) is 14.0. The van der Waals surface area contributed by atoms with E-state index in [2.05, 4.69) is 0 Å². The number of sulfone groups is 1. The first-order valence-corrected chi connectivity index (χ1v) is 10.1. The molecule has 3 rings (SSSR count). The zero-order valence-corrected chi connectivity index (χ0v) is 15.3. The number of methoxy groups -OCH3 is 1. The summed E-state index contributed by atoms with van der Waals surface area (Å²) in [6.45, 7) is 1.02. The Morgan fingerprint density at radius 2 is 2.08 bits per heavy atom. The molecule has 0 radical (unpaired) electrons. The number of carbonyl (C=O) groups excluding carboxylic acids is 1. The smallest absolute Gasteiger partial charge is 0.223 e. The summed E-state index contributed by atoms with van der Waals surface area (Å²) in [7, 11) is -1.57. The van der Waals surface area contributed by atoms with Gasteiger partial charge in [0.15, 0.2) is 9.84 Å². The van der Waals surface area contributed by atoms with Gasteiger partial charge in [-0.15, -0.1) is 0 Å². The Kier molecular flexibility index (Phi) is 4.91. The summed E-state index contributed by atoms with van der Waals surface area (Å²) in [5, 5.41) is 0.656. The molecule has 0 bridgehead atoms. The standard InChI is InChI=1S/C17H22ClNO4S/c1-23-10-14-8-9-24(21,22)17(14)11-19(12-17)16(20)7-6-13-4-2-3-5-15(13)18/h2-5,14H,6-12H2,1H3/t14-/m0/s1. The average molecular weight is 372 g/mol. The molecule has 132 valence electrons. The van der Waals surface area contributed by atoms with E-state index < -0.39 is 14.6 Å². The van der Waals surface area contributed by atoms with Crippen molar-refractivity contribution in [3.05, 3.63) is 34.9 Å². The van der Waals surface area contributed by atoms with Gasteiger partial charge in [-0.25, -0.2) is 8.42 Å². The molecule has 7 heteroatoms. The van der Waals surface area contributed by atoms with Gasteiger partial charge in [0.2, 0.25) is 5.91 Å². The van der Waals surface area contributed by atoms with Gasteiger partial charge < -0.3 is 9.64 Å².